The van der Waals surface area contributed by atoms with E-state index >= 15 is 0 Å². The molecule has 0 saturated carbocycles. The lowest BCUT2D eigenvalue weighted by atomic mass is 10.1. The van der Waals surface area contributed by atoms with Crippen LogP contribution < -0.4 is 0 Å². The normalized spacial score (nSPS) is 10.8. The van der Waals surface area contributed by atoms with Gasteiger partial charge in [-0.05, 0) is 56.9 Å². The lowest BCUT2D eigenvalue weighted by molar-refractivity contribution is 0.0977. The highest BCUT2D eigenvalue weighted by molar-refractivity contribution is 9.10. The van der Waals surface area contributed by atoms with Gasteiger partial charge in [-0.2, -0.15) is 11.3 Å². The number of aromatic nitrogens is 1. The summed E-state index contributed by atoms with van der Waals surface area (Å²) in [6.07, 6.45) is 1.25. The molecule has 0 unspecified atom stereocenters. The SMILES string of the molecule is O=C(CCc1ccsc1)c1nc2ccccc2cc1Br. The number of rotatable bonds is 4. The van der Waals surface area contributed by atoms with Crippen LogP contribution in [0, 0.1) is 0 Å². The van der Waals surface area contributed by atoms with Gasteiger partial charge in [0.05, 0.1) is 5.52 Å². The largest absolute Gasteiger partial charge is 0.292 e. The topological polar surface area (TPSA) is 30.0 Å². The predicted octanol–water partition coefficient (Wildman–Crippen LogP) is 4.87. The fraction of sp³-hybridized carbons (Fsp3) is 0.125. The van der Waals surface area contributed by atoms with E-state index in [0.717, 1.165) is 21.8 Å². The molecule has 0 amide bonds. The Morgan fingerprint density at radius 1 is 1.25 bits per heavy atom. The number of pyridine rings is 1. The molecule has 0 N–H and O–H groups in total. The Morgan fingerprint density at radius 2 is 2.10 bits per heavy atom. The molecule has 0 spiro atoms. The molecule has 100 valence electrons. The molecule has 2 aromatic heterocycles. The van der Waals surface area contributed by atoms with Crippen LogP contribution in [0.4, 0.5) is 0 Å². The lowest BCUT2D eigenvalue weighted by Crippen LogP contribution is -2.05. The summed E-state index contributed by atoms with van der Waals surface area (Å²) in [5.74, 6) is 0.0776. The number of carbonyl (C=O) groups is 1. The molecule has 2 heterocycles. The molecule has 0 aliphatic rings. The van der Waals surface area contributed by atoms with Crippen molar-refractivity contribution in [2.45, 2.75) is 12.8 Å². The minimum absolute atomic E-state index is 0.0776. The Hall–Kier alpha value is -1.52. The third-order valence-corrected chi connectivity index (χ3v) is 4.50. The van der Waals surface area contributed by atoms with Crippen molar-refractivity contribution in [3.63, 3.8) is 0 Å². The summed E-state index contributed by atoms with van der Waals surface area (Å²) in [4.78, 5) is 16.8. The zero-order chi connectivity index (χ0) is 13.9. The summed E-state index contributed by atoms with van der Waals surface area (Å²) in [7, 11) is 0. The minimum atomic E-state index is 0.0776. The van der Waals surface area contributed by atoms with Gasteiger partial charge in [0.1, 0.15) is 5.69 Å². The number of para-hydroxylation sites is 1. The van der Waals surface area contributed by atoms with E-state index in [1.807, 2.05) is 35.7 Å². The quantitative estimate of drug-likeness (QED) is 0.631. The number of thiophene rings is 1. The van der Waals surface area contributed by atoms with Gasteiger partial charge in [-0.25, -0.2) is 4.98 Å². The van der Waals surface area contributed by atoms with Crippen molar-refractivity contribution in [1.29, 1.82) is 0 Å². The summed E-state index contributed by atoms with van der Waals surface area (Å²) < 4.78 is 0.770. The fourth-order valence-corrected chi connectivity index (χ4v) is 3.36. The first-order chi connectivity index (χ1) is 9.74. The summed E-state index contributed by atoms with van der Waals surface area (Å²) in [5.41, 5.74) is 2.59. The van der Waals surface area contributed by atoms with Crippen LogP contribution in [0.3, 0.4) is 0 Å². The molecule has 3 rings (SSSR count). The summed E-state index contributed by atoms with van der Waals surface area (Å²) >= 11 is 5.11. The van der Waals surface area contributed by atoms with Crippen LogP contribution in [0.5, 0.6) is 0 Å². The second kappa shape index (κ2) is 5.85. The molecule has 1 aromatic carbocycles. The van der Waals surface area contributed by atoms with E-state index in [4.69, 9.17) is 0 Å². The number of Topliss-reactive ketones (excluding diaryl/α,β-unsaturated/α-hetero) is 1. The molecule has 0 saturated heterocycles. The molecule has 0 fully saturated rings. The van der Waals surface area contributed by atoms with Crippen molar-refractivity contribution < 1.29 is 4.79 Å². The standard InChI is InChI=1S/C16H12BrNOS/c17-13-9-12-3-1-2-4-14(12)18-16(13)15(19)6-5-11-7-8-20-10-11/h1-4,7-10H,5-6H2. The monoisotopic (exact) mass is 345 g/mol. The predicted molar refractivity (Wildman–Crippen MR) is 86.4 cm³/mol. The van der Waals surface area contributed by atoms with Crippen LogP contribution in [-0.2, 0) is 6.42 Å². The van der Waals surface area contributed by atoms with E-state index < -0.39 is 0 Å². The number of fused-ring (bicyclic) bond motifs is 1. The second-order valence-electron chi connectivity index (χ2n) is 4.57. The first kappa shape index (κ1) is 13.5. The number of aryl methyl sites for hydroxylation is 1. The minimum Gasteiger partial charge on any atom is -0.292 e. The van der Waals surface area contributed by atoms with Crippen molar-refractivity contribution in [3.8, 4) is 0 Å². The number of hydrogen-bond donors (Lipinski definition) is 0. The van der Waals surface area contributed by atoms with Gasteiger partial charge in [0.25, 0.3) is 0 Å². The Balaban J connectivity index is 1.85. The van der Waals surface area contributed by atoms with Crippen molar-refractivity contribution in [2.24, 2.45) is 0 Å². The molecule has 3 aromatic rings. The van der Waals surface area contributed by atoms with E-state index in [9.17, 15) is 4.79 Å². The first-order valence-corrected chi connectivity index (χ1v) is 8.07. The van der Waals surface area contributed by atoms with Crippen LogP contribution in [0.2, 0.25) is 0 Å². The Bertz CT molecular complexity index is 752. The van der Waals surface area contributed by atoms with Crippen LogP contribution in [0.1, 0.15) is 22.5 Å². The van der Waals surface area contributed by atoms with Gasteiger partial charge in [0.2, 0.25) is 0 Å². The van der Waals surface area contributed by atoms with Crippen LogP contribution in [-0.4, -0.2) is 10.8 Å². The highest BCUT2D eigenvalue weighted by Crippen LogP contribution is 2.23. The zero-order valence-corrected chi connectivity index (χ0v) is 13.1. The van der Waals surface area contributed by atoms with Gasteiger partial charge in [0.15, 0.2) is 5.78 Å². The van der Waals surface area contributed by atoms with Crippen LogP contribution >= 0.6 is 27.3 Å². The van der Waals surface area contributed by atoms with E-state index in [2.05, 4.69) is 32.4 Å². The van der Waals surface area contributed by atoms with Crippen molar-refractivity contribution in [2.75, 3.05) is 0 Å². The van der Waals surface area contributed by atoms with Gasteiger partial charge < -0.3 is 0 Å². The molecule has 0 radical (unpaired) electrons. The van der Waals surface area contributed by atoms with Gasteiger partial charge in [-0.3, -0.25) is 4.79 Å². The van der Waals surface area contributed by atoms with Crippen LogP contribution in [0.15, 0.2) is 51.6 Å². The smallest absolute Gasteiger partial charge is 0.182 e. The maximum Gasteiger partial charge on any atom is 0.182 e. The Kier molecular flexibility index (Phi) is 3.94. The first-order valence-electron chi connectivity index (χ1n) is 6.33. The van der Waals surface area contributed by atoms with Crippen molar-refractivity contribution >= 4 is 44.0 Å². The lowest BCUT2D eigenvalue weighted by Gasteiger charge is -2.05. The van der Waals surface area contributed by atoms with E-state index in [-0.39, 0.29) is 5.78 Å². The molecule has 20 heavy (non-hydrogen) atoms. The van der Waals surface area contributed by atoms with Crippen molar-refractivity contribution in [3.05, 3.63) is 62.9 Å². The number of nitrogens with zero attached hydrogens (tertiary/aromatic N) is 1. The molecule has 0 bridgehead atoms. The highest BCUT2D eigenvalue weighted by atomic mass is 79.9. The van der Waals surface area contributed by atoms with Crippen LogP contribution in [0.25, 0.3) is 10.9 Å². The summed E-state index contributed by atoms with van der Waals surface area (Å²) in [5, 5.41) is 5.15. The molecular formula is C16H12BrNOS. The number of benzene rings is 1. The summed E-state index contributed by atoms with van der Waals surface area (Å²) in [6, 6.07) is 11.8. The van der Waals surface area contributed by atoms with Crippen molar-refractivity contribution in [1.82, 2.24) is 4.98 Å². The second-order valence-corrected chi connectivity index (χ2v) is 6.20. The highest BCUT2D eigenvalue weighted by Gasteiger charge is 2.13. The third kappa shape index (κ3) is 2.81. The number of halogens is 1. The van der Waals surface area contributed by atoms with Gasteiger partial charge in [0, 0.05) is 16.3 Å². The average molecular weight is 346 g/mol. The Labute approximate surface area is 129 Å². The molecule has 0 aliphatic heterocycles. The third-order valence-electron chi connectivity index (χ3n) is 3.16. The van der Waals surface area contributed by atoms with Gasteiger partial charge >= 0.3 is 0 Å². The molecular weight excluding hydrogens is 334 g/mol. The molecule has 0 aliphatic carbocycles. The number of ketones is 1. The van der Waals surface area contributed by atoms with E-state index in [1.54, 1.807) is 11.3 Å². The van der Waals surface area contributed by atoms with E-state index in [1.165, 1.54) is 5.56 Å². The maximum atomic E-state index is 12.3. The summed E-state index contributed by atoms with van der Waals surface area (Å²) in [6.45, 7) is 0. The average Bonchev–Trinajstić information content (AvgIpc) is 2.97. The number of hydrogen-bond acceptors (Lipinski definition) is 3. The molecule has 0 atom stereocenters. The maximum absolute atomic E-state index is 12.3. The number of carbonyl (C=O) groups excluding carboxylic acids is 1. The molecule has 2 nitrogen and oxygen atoms in total. The Morgan fingerprint density at radius 3 is 2.90 bits per heavy atom. The van der Waals surface area contributed by atoms with Gasteiger partial charge in [-0.15, -0.1) is 0 Å². The molecule has 4 heteroatoms. The fourth-order valence-electron chi connectivity index (χ4n) is 2.10. The van der Waals surface area contributed by atoms with Gasteiger partial charge in [-0.1, -0.05) is 18.2 Å². The zero-order valence-electron chi connectivity index (χ0n) is 10.7. The van der Waals surface area contributed by atoms with E-state index in [0.29, 0.717) is 12.1 Å².